The van der Waals surface area contributed by atoms with E-state index in [4.69, 9.17) is 0 Å². The highest BCUT2D eigenvalue weighted by Gasteiger charge is 2.14. The fourth-order valence-electron chi connectivity index (χ4n) is 3.05. The summed E-state index contributed by atoms with van der Waals surface area (Å²) in [4.78, 5) is 18.7. The fraction of sp³-hybridized carbons (Fsp3) is 0.667. The maximum Gasteiger partial charge on any atom is 0.220 e. The van der Waals surface area contributed by atoms with Gasteiger partial charge in [-0.1, -0.05) is 6.07 Å². The molecule has 0 radical (unpaired) electrons. The summed E-state index contributed by atoms with van der Waals surface area (Å²) in [5.41, 5.74) is 1.05. The summed E-state index contributed by atoms with van der Waals surface area (Å²) in [5.74, 6) is 1.85. The molecule has 0 saturated carbocycles. The lowest BCUT2D eigenvalue weighted by atomic mass is 9.93. The number of nitrogens with zero attached hydrogens (tertiary/aromatic N) is 2. The molecule has 2 heterocycles. The van der Waals surface area contributed by atoms with Gasteiger partial charge in [-0.25, -0.2) is 4.98 Å². The van der Waals surface area contributed by atoms with Crippen LogP contribution in [0.5, 0.6) is 0 Å². The number of anilines is 1. The average Bonchev–Trinajstić information content (AvgIpc) is 2.61. The summed E-state index contributed by atoms with van der Waals surface area (Å²) in [7, 11) is 0. The van der Waals surface area contributed by atoms with Gasteiger partial charge in [-0.2, -0.15) is 0 Å². The zero-order valence-corrected chi connectivity index (χ0v) is 16.9. The highest BCUT2D eigenvalue weighted by atomic mass is 35.5. The van der Waals surface area contributed by atoms with Crippen LogP contribution in [0.1, 0.15) is 45.1 Å². The Morgan fingerprint density at radius 3 is 2.48 bits per heavy atom. The third-order valence-electron chi connectivity index (χ3n) is 4.62. The minimum Gasteiger partial charge on any atom is -0.357 e. The van der Waals surface area contributed by atoms with Crippen molar-refractivity contribution < 1.29 is 4.79 Å². The van der Waals surface area contributed by atoms with Crippen LogP contribution in [0.4, 0.5) is 5.82 Å². The zero-order valence-electron chi connectivity index (χ0n) is 15.3. The van der Waals surface area contributed by atoms with E-state index >= 15 is 0 Å². The van der Waals surface area contributed by atoms with E-state index in [1.807, 2.05) is 18.3 Å². The maximum absolute atomic E-state index is 12.0. The molecule has 1 aliphatic heterocycles. The van der Waals surface area contributed by atoms with Crippen molar-refractivity contribution in [3.8, 4) is 0 Å². The first kappa shape index (κ1) is 24.0. The van der Waals surface area contributed by atoms with Gasteiger partial charge < -0.3 is 15.5 Å². The molecule has 7 heteroatoms. The van der Waals surface area contributed by atoms with Crippen molar-refractivity contribution >= 4 is 36.5 Å². The summed E-state index contributed by atoms with van der Waals surface area (Å²) < 4.78 is 0. The van der Waals surface area contributed by atoms with Crippen LogP contribution in [0.15, 0.2) is 18.3 Å². The summed E-state index contributed by atoms with van der Waals surface area (Å²) in [6.45, 7) is 8.92. The Morgan fingerprint density at radius 2 is 1.92 bits per heavy atom. The van der Waals surface area contributed by atoms with Gasteiger partial charge in [0.1, 0.15) is 5.82 Å². The lowest BCUT2D eigenvalue weighted by molar-refractivity contribution is -0.121. The van der Waals surface area contributed by atoms with Gasteiger partial charge in [0, 0.05) is 32.3 Å². The Labute approximate surface area is 164 Å². The monoisotopic (exact) mass is 390 g/mol. The number of carbonyl (C=O) groups is 1. The molecule has 1 saturated heterocycles. The van der Waals surface area contributed by atoms with Gasteiger partial charge in [-0.3, -0.25) is 4.79 Å². The van der Waals surface area contributed by atoms with Gasteiger partial charge in [0.25, 0.3) is 0 Å². The number of amides is 1. The van der Waals surface area contributed by atoms with Crippen molar-refractivity contribution in [1.29, 1.82) is 0 Å². The van der Waals surface area contributed by atoms with Gasteiger partial charge in [-0.15, -0.1) is 24.8 Å². The summed E-state index contributed by atoms with van der Waals surface area (Å²) in [6, 6.07) is 4.08. The lowest BCUT2D eigenvalue weighted by Crippen LogP contribution is -2.29. The lowest BCUT2D eigenvalue weighted by Gasteiger charge is -2.22. The molecule has 2 N–H and O–H groups in total. The highest BCUT2D eigenvalue weighted by Crippen LogP contribution is 2.17. The van der Waals surface area contributed by atoms with Crippen LogP contribution in [0.2, 0.25) is 0 Å². The topological polar surface area (TPSA) is 57.3 Å². The Kier molecular flexibility index (Phi) is 12.7. The van der Waals surface area contributed by atoms with Crippen LogP contribution < -0.4 is 15.5 Å². The van der Waals surface area contributed by atoms with E-state index in [-0.39, 0.29) is 30.7 Å². The van der Waals surface area contributed by atoms with Crippen molar-refractivity contribution in [2.75, 3.05) is 31.1 Å². The van der Waals surface area contributed by atoms with Gasteiger partial charge in [-0.05, 0) is 63.7 Å². The van der Waals surface area contributed by atoms with Crippen molar-refractivity contribution in [1.82, 2.24) is 15.6 Å². The Morgan fingerprint density at radius 1 is 1.24 bits per heavy atom. The van der Waals surface area contributed by atoms with Crippen molar-refractivity contribution in [2.24, 2.45) is 5.92 Å². The third-order valence-corrected chi connectivity index (χ3v) is 4.62. The summed E-state index contributed by atoms with van der Waals surface area (Å²) >= 11 is 0. The van der Waals surface area contributed by atoms with E-state index in [2.05, 4.69) is 34.4 Å². The quantitative estimate of drug-likeness (QED) is 0.715. The Balaban J connectivity index is 0.00000288. The van der Waals surface area contributed by atoms with Gasteiger partial charge in [0.2, 0.25) is 5.91 Å². The first-order chi connectivity index (χ1) is 11.2. The van der Waals surface area contributed by atoms with Crippen LogP contribution in [0.25, 0.3) is 0 Å². The van der Waals surface area contributed by atoms with Crippen LogP contribution in [0, 0.1) is 5.92 Å². The van der Waals surface area contributed by atoms with E-state index in [0.717, 1.165) is 44.0 Å². The Hall–Kier alpha value is -1.04. The second-order valence-electron chi connectivity index (χ2n) is 6.21. The van der Waals surface area contributed by atoms with E-state index in [1.54, 1.807) is 0 Å². The number of piperidine rings is 1. The molecule has 0 spiro atoms. The number of pyridine rings is 1. The number of aromatic nitrogens is 1. The highest BCUT2D eigenvalue weighted by molar-refractivity contribution is 5.85. The Bertz CT molecular complexity index is 474. The summed E-state index contributed by atoms with van der Waals surface area (Å²) in [5, 5.41) is 6.37. The van der Waals surface area contributed by atoms with Gasteiger partial charge >= 0.3 is 0 Å². The zero-order chi connectivity index (χ0) is 16.5. The number of carbonyl (C=O) groups excluding carboxylic acids is 1. The molecule has 0 bridgehead atoms. The van der Waals surface area contributed by atoms with Crippen LogP contribution in [-0.2, 0) is 11.3 Å². The van der Waals surface area contributed by atoms with Crippen LogP contribution in [0.3, 0.4) is 0 Å². The molecule has 1 fully saturated rings. The first-order valence-corrected chi connectivity index (χ1v) is 8.90. The summed E-state index contributed by atoms with van der Waals surface area (Å²) in [6.07, 6.45) is 5.90. The molecule has 0 aromatic carbocycles. The number of halogens is 2. The normalized spacial score (nSPS) is 14.2. The maximum atomic E-state index is 12.0. The predicted molar refractivity (Wildman–Crippen MR) is 109 cm³/mol. The minimum atomic E-state index is 0. The van der Waals surface area contributed by atoms with E-state index in [1.165, 1.54) is 12.8 Å². The van der Waals surface area contributed by atoms with Gasteiger partial charge in [0.15, 0.2) is 0 Å². The standard InChI is InChI=1S/C18H30N4O.2ClH/c1-3-22(4-2)17-7-5-16(13-20-17)14-21-18(23)8-6-15-9-11-19-12-10-15;;/h5,7,13,15,19H,3-4,6,8-12,14H2,1-2H3,(H,21,23);2*1H. The second-order valence-corrected chi connectivity index (χ2v) is 6.21. The van der Waals surface area contributed by atoms with Crippen LogP contribution in [-0.4, -0.2) is 37.1 Å². The molecule has 0 unspecified atom stereocenters. The molecule has 1 aromatic rings. The molecule has 1 aliphatic rings. The van der Waals surface area contributed by atoms with Crippen molar-refractivity contribution in [3.63, 3.8) is 0 Å². The van der Waals surface area contributed by atoms with E-state index in [0.29, 0.717) is 18.9 Å². The smallest absolute Gasteiger partial charge is 0.220 e. The average molecular weight is 391 g/mol. The molecule has 1 aromatic heterocycles. The van der Waals surface area contributed by atoms with E-state index in [9.17, 15) is 4.79 Å². The van der Waals surface area contributed by atoms with E-state index < -0.39 is 0 Å². The molecular formula is C18H32Cl2N4O. The molecule has 1 amide bonds. The fourth-order valence-corrected chi connectivity index (χ4v) is 3.05. The number of hydrogen-bond donors (Lipinski definition) is 2. The molecule has 144 valence electrons. The molecule has 0 atom stereocenters. The molecule has 2 rings (SSSR count). The van der Waals surface area contributed by atoms with Crippen molar-refractivity contribution in [3.05, 3.63) is 23.9 Å². The minimum absolute atomic E-state index is 0. The largest absolute Gasteiger partial charge is 0.357 e. The third kappa shape index (κ3) is 8.25. The first-order valence-electron chi connectivity index (χ1n) is 8.90. The van der Waals surface area contributed by atoms with Gasteiger partial charge in [0.05, 0.1) is 0 Å². The molecular weight excluding hydrogens is 359 g/mol. The second kappa shape index (κ2) is 13.2. The SMILES string of the molecule is CCN(CC)c1ccc(CNC(=O)CCC2CCNCC2)cn1.Cl.Cl. The number of hydrogen-bond acceptors (Lipinski definition) is 4. The molecule has 25 heavy (non-hydrogen) atoms. The molecule has 5 nitrogen and oxygen atoms in total. The molecule has 0 aliphatic carbocycles. The van der Waals surface area contributed by atoms with Crippen LogP contribution >= 0.6 is 24.8 Å². The predicted octanol–water partition coefficient (Wildman–Crippen LogP) is 3.17. The number of rotatable bonds is 8. The van der Waals surface area contributed by atoms with Crippen molar-refractivity contribution in [2.45, 2.75) is 46.1 Å². The number of nitrogens with one attached hydrogen (secondary N) is 2.